The van der Waals surface area contributed by atoms with Gasteiger partial charge >= 0.3 is 0 Å². The monoisotopic (exact) mass is 852 g/mol. The van der Waals surface area contributed by atoms with Gasteiger partial charge in [0.1, 0.15) is 17.8 Å². The number of para-hydroxylation sites is 3. The lowest BCUT2D eigenvalue weighted by Gasteiger charge is -2.35. The average molecular weight is 852 g/mol. The van der Waals surface area contributed by atoms with E-state index >= 15 is 0 Å². The van der Waals surface area contributed by atoms with Crippen molar-refractivity contribution in [3.63, 3.8) is 0 Å². The van der Waals surface area contributed by atoms with Crippen molar-refractivity contribution >= 4 is 46.6 Å². The summed E-state index contributed by atoms with van der Waals surface area (Å²) in [6.07, 6.45) is 7.76. The molecule has 0 saturated carbocycles. The Morgan fingerprint density at radius 2 is 1.44 bits per heavy atom. The summed E-state index contributed by atoms with van der Waals surface area (Å²) >= 11 is 0. The molecule has 15 nitrogen and oxygen atoms in total. The number of benzene rings is 3. The molecule has 3 aromatic rings. The molecule has 2 fully saturated rings. The number of piperidine rings is 1. The molecular weight excluding hydrogens is 787 g/mol. The van der Waals surface area contributed by atoms with Crippen molar-refractivity contribution in [2.45, 2.75) is 76.8 Å². The van der Waals surface area contributed by atoms with E-state index in [9.17, 15) is 29.1 Å². The van der Waals surface area contributed by atoms with Gasteiger partial charge in [0.05, 0.1) is 29.2 Å². The largest absolute Gasteiger partial charge is 0.508 e. The highest BCUT2D eigenvalue weighted by molar-refractivity contribution is 6.18. The molecule has 6 rings (SSSR count). The van der Waals surface area contributed by atoms with E-state index in [2.05, 4.69) is 36.0 Å². The second-order valence-electron chi connectivity index (χ2n) is 16.9. The van der Waals surface area contributed by atoms with E-state index in [0.29, 0.717) is 61.0 Å². The zero-order chi connectivity index (χ0) is 43.8. The number of fused-ring (bicyclic) bond motifs is 2. The van der Waals surface area contributed by atoms with Crippen molar-refractivity contribution in [1.82, 2.24) is 30.7 Å². The summed E-state index contributed by atoms with van der Waals surface area (Å²) in [5.41, 5.74) is 8.90. The van der Waals surface area contributed by atoms with Gasteiger partial charge < -0.3 is 37.0 Å². The van der Waals surface area contributed by atoms with E-state index in [1.54, 1.807) is 23.1 Å². The Hall–Kier alpha value is -5.35. The fourth-order valence-electron chi connectivity index (χ4n) is 8.74. The van der Waals surface area contributed by atoms with E-state index in [4.69, 9.17) is 5.73 Å². The third kappa shape index (κ3) is 13.3. The van der Waals surface area contributed by atoms with Crippen LogP contribution in [0.15, 0.2) is 72.8 Å². The van der Waals surface area contributed by atoms with Crippen molar-refractivity contribution in [2.75, 3.05) is 82.2 Å². The Morgan fingerprint density at radius 3 is 2.15 bits per heavy atom. The van der Waals surface area contributed by atoms with Crippen LogP contribution in [0.4, 0.5) is 17.1 Å². The number of anilines is 3. The van der Waals surface area contributed by atoms with Crippen molar-refractivity contribution in [2.24, 2.45) is 11.7 Å². The van der Waals surface area contributed by atoms with Gasteiger partial charge in [0, 0.05) is 52.6 Å². The van der Waals surface area contributed by atoms with Gasteiger partial charge in [-0.1, -0.05) is 49.2 Å². The van der Waals surface area contributed by atoms with Crippen LogP contribution in [0.3, 0.4) is 0 Å². The third-order valence-corrected chi connectivity index (χ3v) is 12.3. The summed E-state index contributed by atoms with van der Waals surface area (Å²) in [5, 5.41) is 21.2. The van der Waals surface area contributed by atoms with Gasteiger partial charge in [-0.15, -0.1) is 0 Å². The van der Waals surface area contributed by atoms with Gasteiger partial charge in [-0.3, -0.25) is 38.7 Å². The quantitative estimate of drug-likeness (QED) is 0.0916. The second-order valence-corrected chi connectivity index (χ2v) is 16.9. The Balaban J connectivity index is 0.862. The van der Waals surface area contributed by atoms with Crippen LogP contribution in [0, 0.1) is 5.92 Å². The maximum Gasteiger partial charge on any atom is 0.257 e. The van der Waals surface area contributed by atoms with E-state index in [1.807, 2.05) is 42.5 Å². The number of carbonyl (C=O) groups is 5. The lowest BCUT2D eigenvalue weighted by atomic mass is 9.91. The highest BCUT2D eigenvalue weighted by Crippen LogP contribution is 2.38. The summed E-state index contributed by atoms with van der Waals surface area (Å²) in [7, 11) is 0. The first-order chi connectivity index (χ1) is 30.1. The average Bonchev–Trinajstić information content (AvgIpc) is 3.39. The number of rotatable bonds is 20. The number of hydrogen-bond donors (Lipinski definition) is 6. The predicted octanol–water partition coefficient (Wildman–Crippen LogP) is 3.60. The molecule has 3 aliphatic rings. The summed E-state index contributed by atoms with van der Waals surface area (Å²) in [5.74, 6) is -0.515. The zero-order valence-corrected chi connectivity index (χ0v) is 36.2. The summed E-state index contributed by atoms with van der Waals surface area (Å²) in [6, 6.07) is 19.6. The van der Waals surface area contributed by atoms with Gasteiger partial charge in [0.15, 0.2) is 0 Å². The first kappa shape index (κ1) is 46.2. The molecule has 2 atom stereocenters. The molecular formula is C47H65N9O6. The number of carbonyl (C=O) groups excluding carboxylic acids is 5. The number of unbranched alkanes of at least 4 members (excludes halogenated alkanes) is 2. The fraction of sp³-hybridized carbons (Fsp3) is 0.511. The molecule has 3 aliphatic heterocycles. The van der Waals surface area contributed by atoms with Crippen LogP contribution in [0.25, 0.3) is 0 Å². The number of nitrogens with two attached hydrogens (primary N) is 1. The molecule has 334 valence electrons. The molecule has 0 spiro atoms. The standard InChI is InChI=1S/C47H65N9O6/c1-34(57)50-41(32-36-16-18-37(58)19-17-36)47(62)52-40(13-6-8-22-48)46(61)49-23-27-54-30-28-53(29-31-54)24-9-7-10-35-20-25-55(26-21-35)33-44(59)56-42-14-4-2-11-38(42)45(60)51-39-12-3-5-15-43(39)56/h2-5,11-12,14-19,35,40-41,58H,6-10,13,20-33,48H2,1H3,(H,49,61)(H,50,57)(H,51,60)(H,52,62)/t40-,41-/m0/s1. The molecule has 3 heterocycles. The first-order valence-corrected chi connectivity index (χ1v) is 22.4. The maximum absolute atomic E-state index is 13.9. The van der Waals surface area contributed by atoms with E-state index < -0.39 is 18.0 Å². The van der Waals surface area contributed by atoms with Gasteiger partial charge in [-0.05, 0) is 113 Å². The molecule has 0 radical (unpaired) electrons. The highest BCUT2D eigenvalue weighted by atomic mass is 16.3. The van der Waals surface area contributed by atoms with Gasteiger partial charge in [0.2, 0.25) is 23.6 Å². The second kappa shape index (κ2) is 23.2. The van der Waals surface area contributed by atoms with E-state index in [-0.39, 0.29) is 35.8 Å². The predicted molar refractivity (Wildman–Crippen MR) is 241 cm³/mol. The number of aromatic hydroxyl groups is 1. The number of likely N-dealkylation sites (tertiary alicyclic amines) is 1. The van der Waals surface area contributed by atoms with Crippen LogP contribution in [-0.4, -0.2) is 133 Å². The van der Waals surface area contributed by atoms with E-state index in [1.165, 1.54) is 31.9 Å². The SMILES string of the molecule is CC(=O)N[C@@H](Cc1ccc(O)cc1)C(=O)N[C@@H](CCCCN)C(=O)NCCN1CCN(CCCCC2CCN(CC(=O)N3c4ccccc4NC(=O)c4ccccc43)CC2)CC1. The number of phenols is 1. The molecule has 0 aromatic heterocycles. The molecule has 0 unspecified atom stereocenters. The Bertz CT molecular complexity index is 1960. The van der Waals surface area contributed by atoms with Gasteiger partial charge in [0.25, 0.3) is 5.91 Å². The molecule has 2 saturated heterocycles. The minimum absolute atomic E-state index is 0.0356. The molecule has 0 bridgehead atoms. The van der Waals surface area contributed by atoms with Crippen LogP contribution < -0.4 is 31.9 Å². The van der Waals surface area contributed by atoms with E-state index in [0.717, 1.165) is 83.6 Å². The number of nitrogens with one attached hydrogen (secondary N) is 4. The summed E-state index contributed by atoms with van der Waals surface area (Å²) < 4.78 is 0. The van der Waals surface area contributed by atoms with Crippen molar-refractivity contribution < 1.29 is 29.1 Å². The van der Waals surface area contributed by atoms with Crippen LogP contribution >= 0.6 is 0 Å². The first-order valence-electron chi connectivity index (χ1n) is 22.4. The summed E-state index contributed by atoms with van der Waals surface area (Å²) in [4.78, 5) is 74.4. The topological polar surface area (TPSA) is 193 Å². The zero-order valence-electron chi connectivity index (χ0n) is 36.2. The molecule has 0 aliphatic carbocycles. The number of phenolic OH excluding ortho intramolecular Hbond substituents is 1. The fourth-order valence-corrected chi connectivity index (χ4v) is 8.74. The van der Waals surface area contributed by atoms with Crippen LogP contribution in [0.5, 0.6) is 5.75 Å². The Morgan fingerprint density at radius 1 is 0.758 bits per heavy atom. The molecule has 7 N–H and O–H groups in total. The lowest BCUT2D eigenvalue weighted by Crippen LogP contribution is -2.55. The van der Waals surface area contributed by atoms with Gasteiger partial charge in [-0.2, -0.15) is 0 Å². The van der Waals surface area contributed by atoms with Crippen LogP contribution in [0.1, 0.15) is 74.2 Å². The number of hydrogen-bond acceptors (Lipinski definition) is 10. The Kier molecular flexibility index (Phi) is 17.3. The molecule has 3 aromatic carbocycles. The van der Waals surface area contributed by atoms with Gasteiger partial charge in [-0.25, -0.2) is 0 Å². The van der Waals surface area contributed by atoms with Crippen molar-refractivity contribution in [3.05, 3.63) is 83.9 Å². The number of amides is 5. The van der Waals surface area contributed by atoms with Crippen molar-refractivity contribution in [3.8, 4) is 5.75 Å². The Labute approximate surface area is 365 Å². The smallest absolute Gasteiger partial charge is 0.257 e. The normalized spacial score (nSPS) is 17.2. The maximum atomic E-state index is 13.9. The highest BCUT2D eigenvalue weighted by Gasteiger charge is 2.31. The molecule has 5 amide bonds. The van der Waals surface area contributed by atoms with Crippen molar-refractivity contribution in [1.29, 1.82) is 0 Å². The molecule has 15 heteroatoms. The third-order valence-electron chi connectivity index (χ3n) is 12.3. The van der Waals surface area contributed by atoms with Crippen LogP contribution in [-0.2, 0) is 25.6 Å². The molecule has 62 heavy (non-hydrogen) atoms. The summed E-state index contributed by atoms with van der Waals surface area (Å²) in [6.45, 7) is 10.0. The minimum Gasteiger partial charge on any atom is -0.508 e. The number of nitrogens with zero attached hydrogens (tertiary/aromatic N) is 4. The number of piperazine rings is 1. The minimum atomic E-state index is -0.872. The lowest BCUT2D eigenvalue weighted by molar-refractivity contribution is -0.131. The van der Waals surface area contributed by atoms with Crippen LogP contribution in [0.2, 0.25) is 0 Å².